The van der Waals surface area contributed by atoms with Gasteiger partial charge in [0.05, 0.1) is 18.4 Å². The van der Waals surface area contributed by atoms with E-state index in [1.165, 1.54) is 6.07 Å². The minimum absolute atomic E-state index is 0.0391. The minimum Gasteiger partial charge on any atom is -0.495 e. The van der Waals surface area contributed by atoms with Crippen LogP contribution in [0.5, 0.6) is 5.75 Å². The monoisotopic (exact) mass is 299 g/mol. The normalized spacial score (nSPS) is 13.6. The van der Waals surface area contributed by atoms with E-state index in [-0.39, 0.29) is 17.5 Å². The molecule has 1 aliphatic rings. The smallest absolute Gasteiger partial charge is 0.291 e. The summed E-state index contributed by atoms with van der Waals surface area (Å²) in [7, 11) is 1.55. The number of amides is 1. The van der Waals surface area contributed by atoms with Crippen LogP contribution in [0.3, 0.4) is 0 Å². The van der Waals surface area contributed by atoms with Gasteiger partial charge >= 0.3 is 0 Å². The lowest BCUT2D eigenvalue weighted by atomic mass is 9.97. The molecule has 1 amide bonds. The first kappa shape index (κ1) is 14.4. The van der Waals surface area contributed by atoms with Crippen molar-refractivity contribution in [3.05, 3.63) is 46.9 Å². The van der Waals surface area contributed by atoms with Gasteiger partial charge in [0.1, 0.15) is 11.5 Å². The number of hydrogen-bond acceptors (Lipinski definition) is 4. The highest BCUT2D eigenvalue weighted by molar-refractivity contribution is 6.06. The van der Waals surface area contributed by atoms with E-state index in [2.05, 4.69) is 5.32 Å². The summed E-state index contributed by atoms with van der Waals surface area (Å²) in [6.45, 7) is 1.93. The van der Waals surface area contributed by atoms with Gasteiger partial charge in [0.2, 0.25) is 0 Å². The molecule has 1 aromatic heterocycles. The molecule has 114 valence electrons. The number of anilines is 1. The summed E-state index contributed by atoms with van der Waals surface area (Å²) in [5.74, 6) is 0.996. The maximum absolute atomic E-state index is 12.3. The maximum atomic E-state index is 12.3. The quantitative estimate of drug-likeness (QED) is 0.943. The number of Topliss-reactive ketones (excluding diaryl/α,β-unsaturated/α-hetero) is 1. The highest BCUT2D eigenvalue weighted by Crippen LogP contribution is 2.28. The fourth-order valence-corrected chi connectivity index (χ4v) is 2.61. The predicted molar refractivity (Wildman–Crippen MR) is 81.7 cm³/mol. The van der Waals surface area contributed by atoms with Crippen LogP contribution in [0.1, 0.15) is 45.1 Å². The van der Waals surface area contributed by atoms with Crippen LogP contribution < -0.4 is 10.1 Å². The molecule has 1 N–H and O–H groups in total. The van der Waals surface area contributed by atoms with Crippen molar-refractivity contribution < 1.29 is 18.7 Å². The van der Waals surface area contributed by atoms with Gasteiger partial charge in [-0.1, -0.05) is 6.07 Å². The molecular weight excluding hydrogens is 282 g/mol. The number of carbonyl (C=O) groups is 2. The molecule has 3 rings (SSSR count). The Bertz CT molecular complexity index is 745. The highest BCUT2D eigenvalue weighted by atomic mass is 16.5. The van der Waals surface area contributed by atoms with E-state index in [9.17, 15) is 9.59 Å². The average molecular weight is 299 g/mol. The Morgan fingerprint density at radius 2 is 2.09 bits per heavy atom. The van der Waals surface area contributed by atoms with Crippen LogP contribution in [-0.2, 0) is 6.42 Å². The number of hydrogen-bond donors (Lipinski definition) is 1. The number of furan rings is 1. The second-order valence-electron chi connectivity index (χ2n) is 5.38. The Hall–Kier alpha value is -2.56. The molecule has 0 bridgehead atoms. The summed E-state index contributed by atoms with van der Waals surface area (Å²) in [6.07, 6.45) is 1.98. The molecule has 1 aromatic carbocycles. The molecule has 0 atom stereocenters. The van der Waals surface area contributed by atoms with Gasteiger partial charge in [-0.05, 0) is 31.0 Å². The zero-order valence-electron chi connectivity index (χ0n) is 12.6. The summed E-state index contributed by atoms with van der Waals surface area (Å²) in [5, 5.41) is 2.77. The summed E-state index contributed by atoms with van der Waals surface area (Å²) < 4.78 is 10.8. The number of benzene rings is 1. The molecule has 0 saturated heterocycles. The zero-order chi connectivity index (χ0) is 15.7. The molecule has 0 saturated carbocycles. The molecule has 0 spiro atoms. The van der Waals surface area contributed by atoms with E-state index < -0.39 is 0 Å². The first-order valence-corrected chi connectivity index (χ1v) is 7.20. The largest absolute Gasteiger partial charge is 0.495 e. The third-order valence-corrected chi connectivity index (χ3v) is 3.74. The molecule has 1 heterocycles. The van der Waals surface area contributed by atoms with Crippen LogP contribution in [0.2, 0.25) is 0 Å². The van der Waals surface area contributed by atoms with Crippen LogP contribution in [0, 0.1) is 6.92 Å². The third kappa shape index (κ3) is 2.62. The Kier molecular flexibility index (Phi) is 3.71. The van der Waals surface area contributed by atoms with Gasteiger partial charge < -0.3 is 14.5 Å². The summed E-state index contributed by atoms with van der Waals surface area (Å²) in [6, 6.07) is 7.06. The lowest BCUT2D eigenvalue weighted by Crippen LogP contribution is -2.12. The Morgan fingerprint density at radius 3 is 2.82 bits per heavy atom. The molecule has 0 radical (unpaired) electrons. The second-order valence-corrected chi connectivity index (χ2v) is 5.38. The maximum Gasteiger partial charge on any atom is 0.291 e. The fourth-order valence-electron chi connectivity index (χ4n) is 2.61. The number of aryl methyl sites for hydroxylation is 2. The Labute approximate surface area is 128 Å². The standard InChI is InChI=1S/C17H17NO4/c1-10-6-7-15(21-2)12(8-10)18-17(20)16-9-11-13(19)4-3-5-14(11)22-16/h6-9H,3-5H2,1-2H3,(H,18,20). The van der Waals surface area contributed by atoms with Gasteiger partial charge in [0, 0.05) is 18.9 Å². The minimum atomic E-state index is -0.383. The van der Waals surface area contributed by atoms with E-state index in [1.807, 2.05) is 19.1 Å². The number of ether oxygens (including phenoxy) is 1. The van der Waals surface area contributed by atoms with Crippen molar-refractivity contribution in [1.29, 1.82) is 0 Å². The van der Waals surface area contributed by atoms with Crippen LogP contribution in [-0.4, -0.2) is 18.8 Å². The van der Waals surface area contributed by atoms with E-state index in [1.54, 1.807) is 13.2 Å². The topological polar surface area (TPSA) is 68.5 Å². The molecule has 2 aromatic rings. The van der Waals surface area contributed by atoms with E-state index in [0.717, 1.165) is 12.0 Å². The number of methoxy groups -OCH3 is 1. The average Bonchev–Trinajstić information content (AvgIpc) is 2.93. The van der Waals surface area contributed by atoms with Gasteiger partial charge in [-0.2, -0.15) is 0 Å². The van der Waals surface area contributed by atoms with E-state index in [4.69, 9.17) is 9.15 Å². The third-order valence-electron chi connectivity index (χ3n) is 3.74. The van der Waals surface area contributed by atoms with Gasteiger partial charge in [-0.25, -0.2) is 0 Å². The number of rotatable bonds is 3. The van der Waals surface area contributed by atoms with E-state index in [0.29, 0.717) is 35.6 Å². The lowest BCUT2D eigenvalue weighted by Gasteiger charge is -2.10. The van der Waals surface area contributed by atoms with Crippen LogP contribution in [0.4, 0.5) is 5.69 Å². The highest BCUT2D eigenvalue weighted by Gasteiger charge is 2.24. The molecule has 5 heteroatoms. The van der Waals surface area contributed by atoms with Crippen molar-refractivity contribution in [3.63, 3.8) is 0 Å². The van der Waals surface area contributed by atoms with Gasteiger partial charge in [0.25, 0.3) is 5.91 Å². The molecule has 1 aliphatic carbocycles. The van der Waals surface area contributed by atoms with Crippen LogP contribution >= 0.6 is 0 Å². The summed E-state index contributed by atoms with van der Waals surface area (Å²) >= 11 is 0. The Balaban J connectivity index is 1.86. The molecule has 22 heavy (non-hydrogen) atoms. The molecule has 5 nitrogen and oxygen atoms in total. The summed E-state index contributed by atoms with van der Waals surface area (Å²) in [5.41, 5.74) is 2.12. The number of fused-ring (bicyclic) bond motifs is 1. The zero-order valence-corrected chi connectivity index (χ0v) is 12.6. The predicted octanol–water partition coefficient (Wildman–Crippen LogP) is 3.37. The molecule has 0 aliphatic heterocycles. The van der Waals surface area contributed by atoms with Crippen LogP contribution in [0.25, 0.3) is 0 Å². The van der Waals surface area contributed by atoms with Crippen molar-refractivity contribution in [3.8, 4) is 5.75 Å². The second kappa shape index (κ2) is 5.67. The summed E-state index contributed by atoms with van der Waals surface area (Å²) in [4.78, 5) is 24.2. The first-order chi connectivity index (χ1) is 10.6. The van der Waals surface area contributed by atoms with Crippen molar-refractivity contribution in [2.45, 2.75) is 26.2 Å². The van der Waals surface area contributed by atoms with Crippen molar-refractivity contribution in [2.75, 3.05) is 12.4 Å². The first-order valence-electron chi connectivity index (χ1n) is 7.20. The molecule has 0 fully saturated rings. The number of ketones is 1. The van der Waals surface area contributed by atoms with Crippen LogP contribution in [0.15, 0.2) is 28.7 Å². The van der Waals surface area contributed by atoms with Crippen molar-refractivity contribution >= 4 is 17.4 Å². The molecule has 0 unspecified atom stereocenters. The van der Waals surface area contributed by atoms with Crippen molar-refractivity contribution in [2.24, 2.45) is 0 Å². The SMILES string of the molecule is COc1ccc(C)cc1NC(=O)c1cc2c(o1)CCCC2=O. The van der Waals surface area contributed by atoms with E-state index >= 15 is 0 Å². The lowest BCUT2D eigenvalue weighted by molar-refractivity contribution is 0.0963. The Morgan fingerprint density at radius 1 is 1.27 bits per heavy atom. The number of carbonyl (C=O) groups excluding carboxylic acids is 2. The molecular formula is C17H17NO4. The van der Waals surface area contributed by atoms with Gasteiger partial charge in [-0.3, -0.25) is 9.59 Å². The van der Waals surface area contributed by atoms with Gasteiger partial charge in [-0.15, -0.1) is 0 Å². The van der Waals surface area contributed by atoms with Crippen molar-refractivity contribution in [1.82, 2.24) is 0 Å². The van der Waals surface area contributed by atoms with Gasteiger partial charge in [0.15, 0.2) is 11.5 Å². The number of nitrogens with one attached hydrogen (secondary N) is 1. The fraction of sp³-hybridized carbons (Fsp3) is 0.294.